The van der Waals surface area contributed by atoms with Crippen molar-refractivity contribution in [2.45, 2.75) is 26.7 Å². The molecule has 24 heavy (non-hydrogen) atoms. The summed E-state index contributed by atoms with van der Waals surface area (Å²) in [5.41, 5.74) is 1.30. The second-order valence-electron chi connectivity index (χ2n) is 6.74. The molecule has 4 rings (SSSR count). The first-order valence-electron chi connectivity index (χ1n) is 8.29. The Morgan fingerprint density at radius 2 is 2.12 bits per heavy atom. The van der Waals surface area contributed by atoms with Crippen LogP contribution in [0.25, 0.3) is 21.1 Å². The van der Waals surface area contributed by atoms with Gasteiger partial charge >= 0.3 is 5.63 Å². The summed E-state index contributed by atoms with van der Waals surface area (Å²) < 4.78 is 6.26. The van der Waals surface area contributed by atoms with Gasteiger partial charge in [-0.15, -0.1) is 11.3 Å². The minimum absolute atomic E-state index is 0.0305. The molecule has 0 radical (unpaired) electrons. The van der Waals surface area contributed by atoms with Crippen LogP contribution in [0.3, 0.4) is 0 Å². The molecule has 1 fully saturated rings. The van der Waals surface area contributed by atoms with E-state index in [9.17, 15) is 9.59 Å². The van der Waals surface area contributed by atoms with Gasteiger partial charge < -0.3 is 9.32 Å². The second-order valence-corrected chi connectivity index (χ2v) is 7.79. The Morgan fingerprint density at radius 1 is 1.29 bits per heavy atom. The molecule has 1 aromatic carbocycles. The van der Waals surface area contributed by atoms with Crippen molar-refractivity contribution >= 4 is 38.3 Å². The van der Waals surface area contributed by atoms with E-state index >= 15 is 0 Å². The van der Waals surface area contributed by atoms with E-state index in [0.29, 0.717) is 21.8 Å². The molecular weight excluding hydrogens is 322 g/mol. The van der Waals surface area contributed by atoms with E-state index in [0.717, 1.165) is 35.2 Å². The van der Waals surface area contributed by atoms with Gasteiger partial charge in [-0.05, 0) is 43.9 Å². The van der Waals surface area contributed by atoms with E-state index < -0.39 is 0 Å². The smallest absolute Gasteiger partial charge is 0.345 e. The minimum Gasteiger partial charge on any atom is -0.422 e. The topological polar surface area (TPSA) is 50.5 Å². The van der Waals surface area contributed by atoms with Crippen molar-refractivity contribution in [3.8, 4) is 0 Å². The molecule has 1 aliphatic rings. The van der Waals surface area contributed by atoms with Gasteiger partial charge in [-0.25, -0.2) is 4.79 Å². The van der Waals surface area contributed by atoms with E-state index in [1.807, 2.05) is 30.0 Å². The third kappa shape index (κ3) is 2.53. The van der Waals surface area contributed by atoms with Crippen molar-refractivity contribution in [3.63, 3.8) is 0 Å². The molecular formula is C19H19NO3S. The number of piperidine rings is 1. The average molecular weight is 341 g/mol. The maximum absolute atomic E-state index is 12.8. The average Bonchev–Trinajstić information content (AvgIpc) is 3.01. The van der Waals surface area contributed by atoms with Gasteiger partial charge in [0.1, 0.15) is 5.58 Å². The van der Waals surface area contributed by atoms with E-state index in [1.54, 1.807) is 6.07 Å². The van der Waals surface area contributed by atoms with Crippen LogP contribution in [0.1, 0.15) is 35.0 Å². The summed E-state index contributed by atoms with van der Waals surface area (Å²) in [5, 5.41) is 1.41. The van der Waals surface area contributed by atoms with Crippen LogP contribution < -0.4 is 5.63 Å². The summed E-state index contributed by atoms with van der Waals surface area (Å²) in [6, 6.07) is 7.45. The van der Waals surface area contributed by atoms with Crippen molar-refractivity contribution in [2.24, 2.45) is 5.92 Å². The van der Waals surface area contributed by atoms with Crippen LogP contribution in [-0.2, 0) is 0 Å². The first kappa shape index (κ1) is 15.4. The lowest BCUT2D eigenvalue weighted by Crippen LogP contribution is -2.38. The summed E-state index contributed by atoms with van der Waals surface area (Å²) >= 11 is 1.40. The summed E-state index contributed by atoms with van der Waals surface area (Å²) in [5.74, 6) is 0.564. The first-order chi connectivity index (χ1) is 11.5. The van der Waals surface area contributed by atoms with Crippen LogP contribution >= 0.6 is 11.3 Å². The predicted octanol–water partition coefficient (Wildman–Crippen LogP) is 4.19. The highest BCUT2D eigenvalue weighted by Gasteiger charge is 2.24. The molecule has 1 amide bonds. The Bertz CT molecular complexity index is 1000. The molecule has 5 heteroatoms. The molecule has 0 bridgehead atoms. The number of fused-ring (bicyclic) bond motifs is 3. The van der Waals surface area contributed by atoms with Crippen molar-refractivity contribution in [3.05, 3.63) is 45.1 Å². The summed E-state index contributed by atoms with van der Waals surface area (Å²) in [4.78, 5) is 27.6. The zero-order valence-electron chi connectivity index (χ0n) is 13.8. The Labute approximate surface area is 143 Å². The van der Waals surface area contributed by atoms with E-state index in [-0.39, 0.29) is 11.5 Å². The maximum atomic E-state index is 12.8. The third-order valence-electron chi connectivity index (χ3n) is 4.69. The van der Waals surface area contributed by atoms with Gasteiger partial charge in [0.15, 0.2) is 0 Å². The Kier molecular flexibility index (Phi) is 3.68. The van der Waals surface area contributed by atoms with Gasteiger partial charge in [-0.2, -0.15) is 0 Å². The number of amides is 1. The van der Waals surface area contributed by atoms with Gasteiger partial charge in [0, 0.05) is 18.5 Å². The lowest BCUT2D eigenvalue weighted by molar-refractivity contribution is 0.0688. The zero-order chi connectivity index (χ0) is 16.8. The lowest BCUT2D eigenvalue weighted by Gasteiger charge is -2.30. The number of rotatable bonds is 1. The molecule has 1 saturated heterocycles. The van der Waals surface area contributed by atoms with E-state index in [2.05, 4.69) is 6.92 Å². The summed E-state index contributed by atoms with van der Waals surface area (Å²) in [6.45, 7) is 5.77. The van der Waals surface area contributed by atoms with Crippen LogP contribution in [-0.4, -0.2) is 23.9 Å². The fourth-order valence-corrected chi connectivity index (χ4v) is 4.58. The highest BCUT2D eigenvalue weighted by atomic mass is 32.1. The molecule has 4 nitrogen and oxygen atoms in total. The van der Waals surface area contributed by atoms with Crippen molar-refractivity contribution in [2.75, 3.05) is 13.1 Å². The van der Waals surface area contributed by atoms with Crippen LogP contribution in [0.4, 0.5) is 0 Å². The Morgan fingerprint density at radius 3 is 2.92 bits per heavy atom. The van der Waals surface area contributed by atoms with Crippen LogP contribution in [0.2, 0.25) is 0 Å². The number of hydrogen-bond acceptors (Lipinski definition) is 4. The minimum atomic E-state index is -0.372. The largest absolute Gasteiger partial charge is 0.422 e. The SMILES string of the molecule is Cc1ccc2oc(=O)c3cc(C(=O)N4CCC[C@@H](C)C4)sc3c2c1. The summed E-state index contributed by atoms with van der Waals surface area (Å²) in [7, 11) is 0. The number of likely N-dealkylation sites (tertiary alicyclic amines) is 1. The standard InChI is InChI=1S/C19H19NO3S/c1-11-5-6-15-13(8-11)17-14(19(22)23-15)9-16(24-17)18(21)20-7-3-4-12(2)10-20/h5-6,8-9,12H,3-4,7,10H2,1-2H3/t12-/m1/s1. The van der Waals surface area contributed by atoms with Gasteiger partial charge in [0.05, 0.1) is 15.0 Å². The fourth-order valence-electron chi connectivity index (χ4n) is 3.44. The first-order valence-corrected chi connectivity index (χ1v) is 9.11. The quantitative estimate of drug-likeness (QED) is 0.624. The van der Waals surface area contributed by atoms with Gasteiger partial charge in [0.2, 0.25) is 0 Å². The highest BCUT2D eigenvalue weighted by Crippen LogP contribution is 2.32. The normalized spacial score (nSPS) is 18.4. The lowest BCUT2D eigenvalue weighted by atomic mass is 10.0. The van der Waals surface area contributed by atoms with Crippen molar-refractivity contribution in [1.82, 2.24) is 4.90 Å². The second kappa shape index (κ2) is 5.74. The van der Waals surface area contributed by atoms with Crippen LogP contribution in [0.15, 0.2) is 33.5 Å². The van der Waals surface area contributed by atoms with E-state index in [4.69, 9.17) is 4.42 Å². The van der Waals surface area contributed by atoms with Gasteiger partial charge in [-0.1, -0.05) is 18.6 Å². The number of nitrogens with zero attached hydrogens (tertiary/aromatic N) is 1. The number of carbonyl (C=O) groups excluding carboxylic acids is 1. The number of aryl methyl sites for hydroxylation is 1. The molecule has 0 unspecified atom stereocenters. The van der Waals surface area contributed by atoms with Crippen LogP contribution in [0, 0.1) is 12.8 Å². The fraction of sp³-hybridized carbons (Fsp3) is 0.368. The zero-order valence-corrected chi connectivity index (χ0v) is 14.6. The molecule has 0 spiro atoms. The molecule has 0 aliphatic carbocycles. The molecule has 1 atom stereocenters. The molecule has 3 heterocycles. The van der Waals surface area contributed by atoms with Crippen LogP contribution in [0.5, 0.6) is 0 Å². The number of hydrogen-bond donors (Lipinski definition) is 0. The number of benzene rings is 1. The Hall–Kier alpha value is -2.14. The monoisotopic (exact) mass is 341 g/mol. The number of thiophene rings is 1. The molecule has 3 aromatic rings. The predicted molar refractivity (Wildman–Crippen MR) is 96.9 cm³/mol. The summed E-state index contributed by atoms with van der Waals surface area (Å²) in [6.07, 6.45) is 2.21. The molecule has 0 saturated carbocycles. The highest BCUT2D eigenvalue weighted by molar-refractivity contribution is 7.21. The van der Waals surface area contributed by atoms with Gasteiger partial charge in [0.25, 0.3) is 5.91 Å². The Balaban J connectivity index is 1.84. The third-order valence-corrected chi connectivity index (χ3v) is 5.85. The maximum Gasteiger partial charge on any atom is 0.345 e. The molecule has 2 aromatic heterocycles. The molecule has 124 valence electrons. The molecule has 0 N–H and O–H groups in total. The van der Waals surface area contributed by atoms with E-state index in [1.165, 1.54) is 17.8 Å². The number of carbonyl (C=O) groups is 1. The van der Waals surface area contributed by atoms with Crippen molar-refractivity contribution in [1.29, 1.82) is 0 Å². The van der Waals surface area contributed by atoms with Crippen molar-refractivity contribution < 1.29 is 9.21 Å². The molecule has 1 aliphatic heterocycles. The van der Waals surface area contributed by atoms with Gasteiger partial charge in [-0.3, -0.25) is 4.79 Å².